The highest BCUT2D eigenvalue weighted by Crippen LogP contribution is 2.19. The Hall–Kier alpha value is -1.76. The molecule has 108 valence electrons. The summed E-state index contributed by atoms with van der Waals surface area (Å²) in [4.78, 5) is 8.23. The van der Waals surface area contributed by atoms with Gasteiger partial charge in [-0.05, 0) is 13.8 Å². The van der Waals surface area contributed by atoms with Crippen LogP contribution in [0.5, 0.6) is 0 Å². The van der Waals surface area contributed by atoms with E-state index in [0.29, 0.717) is 19.5 Å². The molecule has 0 unspecified atom stereocenters. The Bertz CT molecular complexity index is 586. The average Bonchev–Trinajstić information content (AvgIpc) is 2.81. The van der Waals surface area contributed by atoms with Crippen molar-refractivity contribution >= 4 is 23.0 Å². The number of aromatic nitrogens is 2. The number of halogens is 2. The number of pyridine rings is 1. The van der Waals surface area contributed by atoms with Crippen LogP contribution in [0.2, 0.25) is 0 Å². The number of nitrogens with one attached hydrogen (secondary N) is 2. The van der Waals surface area contributed by atoms with E-state index in [1.807, 2.05) is 19.2 Å². The van der Waals surface area contributed by atoms with Crippen molar-refractivity contribution in [3.8, 4) is 0 Å². The highest BCUT2D eigenvalue weighted by atomic mass is 32.1. The molecule has 0 bridgehead atoms. The molecule has 0 saturated heterocycles. The zero-order valence-corrected chi connectivity index (χ0v) is 12.2. The molecule has 0 aliphatic rings. The van der Waals surface area contributed by atoms with Crippen LogP contribution in [0, 0.1) is 18.6 Å². The van der Waals surface area contributed by atoms with Crippen LogP contribution in [0.3, 0.4) is 0 Å². The average molecular weight is 298 g/mol. The maximum Gasteiger partial charge on any atom is 0.168 e. The Morgan fingerprint density at radius 2 is 1.85 bits per heavy atom. The Balaban J connectivity index is 1.99. The lowest BCUT2D eigenvalue weighted by molar-refractivity contribution is 0.578. The second-order valence-corrected chi connectivity index (χ2v) is 5.18. The first-order chi connectivity index (χ1) is 9.60. The molecule has 0 atom stereocenters. The van der Waals surface area contributed by atoms with Gasteiger partial charge in [0.2, 0.25) is 0 Å². The van der Waals surface area contributed by atoms with E-state index in [1.165, 1.54) is 0 Å². The lowest BCUT2D eigenvalue weighted by atomic mass is 10.3. The predicted octanol–water partition coefficient (Wildman–Crippen LogP) is 3.21. The smallest absolute Gasteiger partial charge is 0.168 e. The summed E-state index contributed by atoms with van der Waals surface area (Å²) in [5, 5.41) is 8.57. The Labute approximate surface area is 120 Å². The third-order valence-corrected chi connectivity index (χ3v) is 3.60. The Morgan fingerprint density at radius 1 is 1.15 bits per heavy atom. The molecule has 0 aromatic carbocycles. The normalized spacial score (nSPS) is 10.6. The number of anilines is 2. The third-order valence-electron chi connectivity index (χ3n) is 2.57. The maximum absolute atomic E-state index is 13.6. The van der Waals surface area contributed by atoms with Gasteiger partial charge in [0.25, 0.3) is 0 Å². The molecule has 2 rings (SSSR count). The molecule has 2 aromatic rings. The van der Waals surface area contributed by atoms with E-state index in [1.54, 1.807) is 11.3 Å². The first-order valence-electron chi connectivity index (χ1n) is 6.35. The van der Waals surface area contributed by atoms with Gasteiger partial charge in [-0.1, -0.05) is 0 Å². The molecule has 0 spiro atoms. The summed E-state index contributed by atoms with van der Waals surface area (Å²) in [5.74, 6) is -1.28. The molecule has 2 heterocycles. The minimum atomic E-state index is -0.695. The first kappa shape index (κ1) is 14.6. The number of hydrogen-bond donors (Lipinski definition) is 2. The van der Waals surface area contributed by atoms with E-state index in [0.717, 1.165) is 16.8 Å². The molecule has 2 N–H and O–H groups in total. The SMILES string of the molecule is CCNc1nc(NCCc2nc(C)cs2)c(F)cc1F. The topological polar surface area (TPSA) is 49.8 Å². The van der Waals surface area contributed by atoms with Crippen LogP contribution in [-0.4, -0.2) is 23.1 Å². The molecule has 4 nitrogen and oxygen atoms in total. The summed E-state index contributed by atoms with van der Waals surface area (Å²) in [6.07, 6.45) is 0.674. The summed E-state index contributed by atoms with van der Waals surface area (Å²) in [6.45, 7) is 4.77. The van der Waals surface area contributed by atoms with Crippen LogP contribution in [0.25, 0.3) is 0 Å². The summed E-state index contributed by atoms with van der Waals surface area (Å²) in [6, 6.07) is 0.834. The number of thiazole rings is 1. The molecule has 0 radical (unpaired) electrons. The molecule has 0 fully saturated rings. The van der Waals surface area contributed by atoms with Crippen LogP contribution in [0.15, 0.2) is 11.4 Å². The molecular formula is C13H16F2N4S. The van der Waals surface area contributed by atoms with Crippen molar-refractivity contribution in [2.24, 2.45) is 0 Å². The van der Waals surface area contributed by atoms with E-state index < -0.39 is 11.6 Å². The standard InChI is InChI=1S/C13H16F2N4S/c1-3-16-12-9(14)6-10(15)13(19-12)17-5-4-11-18-8(2)7-20-11/h6-7H,3-5H2,1-2H3,(H2,16,17,19). The summed E-state index contributed by atoms with van der Waals surface area (Å²) in [7, 11) is 0. The second kappa shape index (κ2) is 6.60. The number of hydrogen-bond acceptors (Lipinski definition) is 5. The van der Waals surface area contributed by atoms with Crippen molar-refractivity contribution in [2.45, 2.75) is 20.3 Å². The Morgan fingerprint density at radius 3 is 2.45 bits per heavy atom. The molecule has 0 saturated carbocycles. The molecule has 7 heteroatoms. The second-order valence-electron chi connectivity index (χ2n) is 4.24. The third kappa shape index (κ3) is 3.63. The first-order valence-corrected chi connectivity index (χ1v) is 7.23. The fraction of sp³-hybridized carbons (Fsp3) is 0.385. The van der Waals surface area contributed by atoms with Gasteiger partial charge in [-0.3, -0.25) is 0 Å². The van der Waals surface area contributed by atoms with E-state index in [-0.39, 0.29) is 11.6 Å². The van der Waals surface area contributed by atoms with Gasteiger partial charge in [0.15, 0.2) is 23.3 Å². The number of nitrogens with zero attached hydrogens (tertiary/aromatic N) is 2. The minimum absolute atomic E-state index is 0.0515. The zero-order chi connectivity index (χ0) is 14.5. The van der Waals surface area contributed by atoms with Gasteiger partial charge >= 0.3 is 0 Å². The van der Waals surface area contributed by atoms with Gasteiger partial charge < -0.3 is 10.6 Å². The van der Waals surface area contributed by atoms with Gasteiger partial charge in [-0.15, -0.1) is 11.3 Å². The summed E-state index contributed by atoms with van der Waals surface area (Å²) < 4.78 is 27.0. The van der Waals surface area contributed by atoms with E-state index >= 15 is 0 Å². The maximum atomic E-state index is 13.6. The zero-order valence-electron chi connectivity index (χ0n) is 11.3. The predicted molar refractivity (Wildman–Crippen MR) is 77.4 cm³/mol. The van der Waals surface area contributed by atoms with Crippen molar-refractivity contribution < 1.29 is 8.78 Å². The van der Waals surface area contributed by atoms with Gasteiger partial charge in [0, 0.05) is 36.7 Å². The highest BCUT2D eigenvalue weighted by Gasteiger charge is 2.11. The van der Waals surface area contributed by atoms with Gasteiger partial charge in [0.1, 0.15) is 0 Å². The van der Waals surface area contributed by atoms with Crippen LogP contribution in [0.4, 0.5) is 20.4 Å². The van der Waals surface area contributed by atoms with Gasteiger partial charge in [-0.2, -0.15) is 0 Å². The monoisotopic (exact) mass is 298 g/mol. The van der Waals surface area contributed by atoms with Crippen LogP contribution in [0.1, 0.15) is 17.6 Å². The largest absolute Gasteiger partial charge is 0.368 e. The van der Waals surface area contributed by atoms with Crippen molar-refractivity contribution in [1.29, 1.82) is 0 Å². The van der Waals surface area contributed by atoms with Crippen LogP contribution >= 0.6 is 11.3 Å². The van der Waals surface area contributed by atoms with Crippen molar-refractivity contribution in [3.63, 3.8) is 0 Å². The minimum Gasteiger partial charge on any atom is -0.368 e. The number of aryl methyl sites for hydroxylation is 1. The molecule has 0 amide bonds. The molecule has 0 aliphatic carbocycles. The lowest BCUT2D eigenvalue weighted by Crippen LogP contribution is -2.11. The van der Waals surface area contributed by atoms with E-state index in [2.05, 4.69) is 20.6 Å². The molecular weight excluding hydrogens is 282 g/mol. The number of rotatable bonds is 6. The van der Waals surface area contributed by atoms with E-state index in [9.17, 15) is 8.78 Å². The van der Waals surface area contributed by atoms with Gasteiger partial charge in [0.05, 0.1) is 5.01 Å². The van der Waals surface area contributed by atoms with Crippen LogP contribution in [-0.2, 0) is 6.42 Å². The van der Waals surface area contributed by atoms with Crippen molar-refractivity contribution in [1.82, 2.24) is 9.97 Å². The highest BCUT2D eigenvalue weighted by molar-refractivity contribution is 7.09. The Kier molecular flexibility index (Phi) is 4.84. The van der Waals surface area contributed by atoms with Crippen LogP contribution < -0.4 is 10.6 Å². The fourth-order valence-corrected chi connectivity index (χ4v) is 2.46. The molecule has 0 aliphatic heterocycles. The van der Waals surface area contributed by atoms with E-state index in [4.69, 9.17) is 0 Å². The molecule has 20 heavy (non-hydrogen) atoms. The lowest BCUT2D eigenvalue weighted by Gasteiger charge is -2.09. The summed E-state index contributed by atoms with van der Waals surface area (Å²) in [5.41, 5.74) is 0.977. The van der Waals surface area contributed by atoms with Gasteiger partial charge in [-0.25, -0.2) is 18.7 Å². The van der Waals surface area contributed by atoms with Crippen molar-refractivity contribution in [2.75, 3.05) is 23.7 Å². The fourth-order valence-electron chi connectivity index (χ4n) is 1.69. The quantitative estimate of drug-likeness (QED) is 0.860. The summed E-state index contributed by atoms with van der Waals surface area (Å²) >= 11 is 1.56. The molecule has 2 aromatic heterocycles. The van der Waals surface area contributed by atoms with Crippen molar-refractivity contribution in [3.05, 3.63) is 33.8 Å².